The van der Waals surface area contributed by atoms with E-state index in [2.05, 4.69) is 64.4 Å². The maximum absolute atomic E-state index is 12.4. The first-order valence-electron chi connectivity index (χ1n) is 9.02. The topological polar surface area (TPSA) is 23.6 Å². The van der Waals surface area contributed by atoms with Gasteiger partial charge in [-0.15, -0.1) is 0 Å². The highest BCUT2D eigenvalue weighted by Crippen LogP contribution is 2.52. The van der Waals surface area contributed by atoms with Gasteiger partial charge >= 0.3 is 0 Å². The number of hydrogen-bond donors (Lipinski definition) is 0. The van der Waals surface area contributed by atoms with E-state index < -0.39 is 0 Å². The van der Waals surface area contributed by atoms with Crippen molar-refractivity contribution in [2.24, 2.45) is 5.92 Å². The van der Waals surface area contributed by atoms with E-state index in [4.69, 9.17) is 0 Å². The molecule has 0 radical (unpaired) electrons. The average Bonchev–Trinajstić information content (AvgIpc) is 3.21. The maximum Gasteiger partial charge on any atom is 0.227 e. The number of anilines is 1. The van der Waals surface area contributed by atoms with Gasteiger partial charge in [0, 0.05) is 36.7 Å². The Morgan fingerprint density at radius 3 is 2.62 bits per heavy atom. The van der Waals surface area contributed by atoms with Gasteiger partial charge < -0.3 is 4.90 Å². The second-order valence-corrected chi connectivity index (χ2v) is 7.28. The molecule has 0 N–H and O–H groups in total. The summed E-state index contributed by atoms with van der Waals surface area (Å²) in [7, 11) is 0. The third kappa shape index (κ3) is 2.04. The molecule has 0 unspecified atom stereocenters. The summed E-state index contributed by atoms with van der Waals surface area (Å²) in [5.74, 6) is 0.891. The molecule has 0 saturated carbocycles. The van der Waals surface area contributed by atoms with Crippen molar-refractivity contribution < 1.29 is 4.79 Å². The number of rotatable bonds is 2. The summed E-state index contributed by atoms with van der Waals surface area (Å²) < 4.78 is 0. The van der Waals surface area contributed by atoms with E-state index in [1.54, 1.807) is 0 Å². The van der Waals surface area contributed by atoms with Crippen molar-refractivity contribution in [3.8, 4) is 0 Å². The number of para-hydroxylation sites is 1. The van der Waals surface area contributed by atoms with E-state index in [-0.39, 0.29) is 0 Å². The summed E-state index contributed by atoms with van der Waals surface area (Å²) in [6, 6.07) is 20.2. The Kier molecular flexibility index (Phi) is 3.23. The summed E-state index contributed by atoms with van der Waals surface area (Å²) >= 11 is 0. The largest absolute Gasteiger partial charge is 0.309 e. The lowest BCUT2D eigenvalue weighted by atomic mass is 9.81. The molecule has 24 heavy (non-hydrogen) atoms. The molecular formula is C21H22N2O. The SMILES string of the molecule is O=C1CC[C@H]2[C@@H]3CCN(Cc4ccccc4)[C@@H]3c3ccccc3N12. The summed E-state index contributed by atoms with van der Waals surface area (Å²) in [6.45, 7) is 2.12. The van der Waals surface area contributed by atoms with Gasteiger partial charge in [0.25, 0.3) is 0 Å². The van der Waals surface area contributed by atoms with Crippen LogP contribution in [0.4, 0.5) is 5.69 Å². The zero-order valence-electron chi connectivity index (χ0n) is 13.8. The predicted molar refractivity (Wildman–Crippen MR) is 94.7 cm³/mol. The van der Waals surface area contributed by atoms with E-state index in [1.165, 1.54) is 17.5 Å². The molecule has 3 atom stereocenters. The molecule has 3 heteroatoms. The Balaban J connectivity index is 1.55. The fourth-order valence-electron chi connectivity index (χ4n) is 5.09. The minimum Gasteiger partial charge on any atom is -0.309 e. The van der Waals surface area contributed by atoms with E-state index >= 15 is 0 Å². The van der Waals surface area contributed by atoms with Crippen molar-refractivity contribution in [2.75, 3.05) is 11.4 Å². The van der Waals surface area contributed by atoms with Crippen LogP contribution in [0.5, 0.6) is 0 Å². The normalized spacial score (nSPS) is 28.6. The average molecular weight is 318 g/mol. The van der Waals surface area contributed by atoms with Gasteiger partial charge in [-0.2, -0.15) is 0 Å². The minimum atomic E-state index is 0.312. The third-order valence-corrected chi connectivity index (χ3v) is 6.04. The van der Waals surface area contributed by atoms with Crippen LogP contribution < -0.4 is 4.90 Å². The molecule has 122 valence electrons. The summed E-state index contributed by atoms with van der Waals surface area (Å²) in [5, 5.41) is 0. The zero-order valence-corrected chi connectivity index (χ0v) is 13.8. The number of amides is 1. The van der Waals surface area contributed by atoms with Crippen LogP contribution in [0, 0.1) is 5.92 Å². The number of carbonyl (C=O) groups excluding carboxylic acids is 1. The molecule has 2 aromatic carbocycles. The van der Waals surface area contributed by atoms with Crippen molar-refractivity contribution in [3.05, 3.63) is 65.7 Å². The van der Waals surface area contributed by atoms with Gasteiger partial charge in [0.1, 0.15) is 0 Å². The van der Waals surface area contributed by atoms with E-state index in [0.29, 0.717) is 30.3 Å². The van der Waals surface area contributed by atoms with Crippen molar-refractivity contribution in [3.63, 3.8) is 0 Å². The number of nitrogens with zero attached hydrogens (tertiary/aromatic N) is 2. The predicted octanol–water partition coefficient (Wildman–Crippen LogP) is 3.76. The Bertz CT molecular complexity index is 772. The molecule has 1 amide bonds. The minimum absolute atomic E-state index is 0.312. The highest BCUT2D eigenvalue weighted by atomic mass is 16.2. The molecule has 0 bridgehead atoms. The lowest BCUT2D eigenvalue weighted by molar-refractivity contribution is -0.117. The van der Waals surface area contributed by atoms with Crippen LogP contribution in [0.2, 0.25) is 0 Å². The molecule has 2 aromatic rings. The maximum atomic E-state index is 12.4. The molecule has 3 nitrogen and oxygen atoms in total. The number of fused-ring (bicyclic) bond motifs is 6. The van der Waals surface area contributed by atoms with Crippen molar-refractivity contribution in [2.45, 2.75) is 37.9 Å². The fraction of sp³-hybridized carbons (Fsp3) is 0.381. The summed E-state index contributed by atoms with van der Waals surface area (Å²) in [5.41, 5.74) is 3.88. The van der Waals surface area contributed by atoms with Crippen molar-refractivity contribution in [1.82, 2.24) is 4.90 Å². The highest BCUT2D eigenvalue weighted by Gasteiger charge is 2.50. The first kappa shape index (κ1) is 14.2. The molecule has 0 spiro atoms. The first-order chi connectivity index (χ1) is 11.8. The molecule has 3 aliphatic rings. The molecule has 0 aromatic heterocycles. The molecule has 2 fully saturated rings. The summed E-state index contributed by atoms with van der Waals surface area (Å²) in [4.78, 5) is 17.2. The monoisotopic (exact) mass is 318 g/mol. The van der Waals surface area contributed by atoms with Crippen LogP contribution in [0.25, 0.3) is 0 Å². The number of benzene rings is 2. The Morgan fingerprint density at radius 1 is 0.958 bits per heavy atom. The van der Waals surface area contributed by atoms with Gasteiger partial charge in [0.05, 0.1) is 0 Å². The molecule has 0 aliphatic carbocycles. The van der Waals surface area contributed by atoms with Gasteiger partial charge in [0.2, 0.25) is 5.91 Å². The molecule has 5 rings (SSSR count). The number of likely N-dealkylation sites (tertiary alicyclic amines) is 1. The van der Waals surface area contributed by atoms with Gasteiger partial charge in [-0.05, 0) is 36.6 Å². The molecule has 2 saturated heterocycles. The Labute approximate surface area is 142 Å². The smallest absolute Gasteiger partial charge is 0.227 e. The van der Waals surface area contributed by atoms with Crippen LogP contribution in [-0.4, -0.2) is 23.4 Å². The summed E-state index contributed by atoms with van der Waals surface area (Å²) in [6.07, 6.45) is 2.93. The van der Waals surface area contributed by atoms with E-state index in [0.717, 1.165) is 25.2 Å². The van der Waals surface area contributed by atoms with E-state index in [9.17, 15) is 4.79 Å². The van der Waals surface area contributed by atoms with Gasteiger partial charge in [-0.25, -0.2) is 0 Å². The molecular weight excluding hydrogens is 296 g/mol. The molecule has 3 heterocycles. The van der Waals surface area contributed by atoms with Crippen LogP contribution in [0.15, 0.2) is 54.6 Å². The van der Waals surface area contributed by atoms with Crippen LogP contribution >= 0.6 is 0 Å². The fourth-order valence-corrected chi connectivity index (χ4v) is 5.09. The van der Waals surface area contributed by atoms with Gasteiger partial charge in [-0.3, -0.25) is 9.69 Å². The lowest BCUT2D eigenvalue weighted by Crippen LogP contribution is -2.45. The lowest BCUT2D eigenvalue weighted by Gasteiger charge is -2.42. The highest BCUT2D eigenvalue weighted by molar-refractivity contribution is 5.97. The zero-order chi connectivity index (χ0) is 16.1. The van der Waals surface area contributed by atoms with Crippen molar-refractivity contribution >= 4 is 11.6 Å². The first-order valence-corrected chi connectivity index (χ1v) is 9.02. The Morgan fingerprint density at radius 2 is 1.75 bits per heavy atom. The van der Waals surface area contributed by atoms with Gasteiger partial charge in [-0.1, -0.05) is 48.5 Å². The standard InChI is InChI=1S/C21H22N2O/c24-20-11-10-19-17-12-13-22(14-15-6-2-1-3-7-15)21(17)16-8-4-5-9-18(16)23(19)20/h1-9,17,19,21H,10-14H2/t17-,19-,21+/m0/s1. The second-order valence-electron chi connectivity index (χ2n) is 7.28. The Hall–Kier alpha value is -2.13. The number of hydrogen-bond acceptors (Lipinski definition) is 2. The van der Waals surface area contributed by atoms with E-state index in [1.807, 2.05) is 0 Å². The second kappa shape index (κ2) is 5.45. The molecule has 3 aliphatic heterocycles. The van der Waals surface area contributed by atoms with Crippen LogP contribution in [0.1, 0.15) is 36.4 Å². The van der Waals surface area contributed by atoms with Crippen LogP contribution in [-0.2, 0) is 11.3 Å². The number of carbonyl (C=O) groups is 1. The van der Waals surface area contributed by atoms with Crippen LogP contribution in [0.3, 0.4) is 0 Å². The van der Waals surface area contributed by atoms with Crippen molar-refractivity contribution in [1.29, 1.82) is 0 Å². The quantitative estimate of drug-likeness (QED) is 0.842. The van der Waals surface area contributed by atoms with Gasteiger partial charge in [0.15, 0.2) is 0 Å². The third-order valence-electron chi connectivity index (χ3n) is 6.04.